The van der Waals surface area contributed by atoms with Gasteiger partial charge in [0.1, 0.15) is 29.8 Å². The summed E-state index contributed by atoms with van der Waals surface area (Å²) in [5.41, 5.74) is 3.50. The molecule has 1 aromatic carbocycles. The van der Waals surface area contributed by atoms with Gasteiger partial charge in [0, 0.05) is 11.8 Å². The van der Waals surface area contributed by atoms with Crippen LogP contribution in [-0.2, 0) is 4.74 Å². The third-order valence-corrected chi connectivity index (χ3v) is 5.27. The van der Waals surface area contributed by atoms with E-state index in [2.05, 4.69) is 15.4 Å². The van der Waals surface area contributed by atoms with Gasteiger partial charge in [0.25, 0.3) is 0 Å². The smallest absolute Gasteiger partial charge is 0.167 e. The summed E-state index contributed by atoms with van der Waals surface area (Å²) >= 11 is 0. The van der Waals surface area contributed by atoms with Crippen LogP contribution in [0.5, 0.6) is 0 Å². The van der Waals surface area contributed by atoms with Gasteiger partial charge in [0.2, 0.25) is 0 Å². The van der Waals surface area contributed by atoms with Crippen molar-refractivity contribution in [3.05, 3.63) is 42.4 Å². The maximum Gasteiger partial charge on any atom is 0.167 e. The van der Waals surface area contributed by atoms with Crippen molar-refractivity contribution in [3.8, 4) is 11.1 Å². The van der Waals surface area contributed by atoms with Crippen molar-refractivity contribution in [2.24, 2.45) is 0 Å². The second kappa shape index (κ2) is 6.80. The van der Waals surface area contributed by atoms with Gasteiger partial charge in [-0.2, -0.15) is 0 Å². The number of hydrogen-bond acceptors (Lipinski definition) is 8. The third-order valence-electron chi connectivity index (χ3n) is 5.27. The summed E-state index contributed by atoms with van der Waals surface area (Å²) in [4.78, 5) is 8.38. The van der Waals surface area contributed by atoms with E-state index >= 15 is 0 Å². The number of nitrogens with zero attached hydrogens (tertiary/aromatic N) is 3. The average molecular weight is 386 g/mol. The van der Waals surface area contributed by atoms with E-state index in [0.717, 1.165) is 11.1 Å². The molecular weight excluding hydrogens is 364 g/mol. The fourth-order valence-electron chi connectivity index (χ4n) is 3.69. The number of ether oxygens (including phenoxy) is 1. The molecule has 4 rings (SSSR count). The first kappa shape index (κ1) is 18.8. The Kier molecular flexibility index (Phi) is 4.56. The van der Waals surface area contributed by atoms with Gasteiger partial charge in [-0.3, -0.25) is 10.7 Å². The van der Waals surface area contributed by atoms with E-state index in [1.807, 2.05) is 31.2 Å². The highest BCUT2D eigenvalue weighted by atomic mass is 16.6. The van der Waals surface area contributed by atoms with Gasteiger partial charge in [0.15, 0.2) is 12.0 Å². The second-order valence-electron chi connectivity index (χ2n) is 7.23. The Labute approximate surface area is 160 Å². The lowest BCUT2D eigenvalue weighted by atomic mass is 9.96. The van der Waals surface area contributed by atoms with Crippen molar-refractivity contribution in [3.63, 3.8) is 0 Å². The summed E-state index contributed by atoms with van der Waals surface area (Å²) in [7, 11) is 0. The molecule has 3 aromatic rings. The van der Waals surface area contributed by atoms with Crippen LogP contribution in [0.25, 0.3) is 22.2 Å². The number of anilines is 1. The van der Waals surface area contributed by atoms with Crippen LogP contribution in [0.4, 0.5) is 5.82 Å². The lowest BCUT2D eigenvalue weighted by Crippen LogP contribution is -2.44. The fraction of sp³-hybridized carbons (Fsp3) is 0.368. The molecule has 0 radical (unpaired) electrons. The number of benzene rings is 1. The standard InChI is InChI=1S/C19H22N4O5/c1-10-3-5-11(6-4-10)12-7-23(17-14(12)16(22-27)20-9-21-17)18-19(2,26)15(25)13(8-24)28-18/h3-7,9,13,15,18,24-27H,8H2,1-2H3,(H,20,21,22)/t13?,15?,18?,19-/m1/s1. The van der Waals surface area contributed by atoms with Crippen molar-refractivity contribution in [1.29, 1.82) is 0 Å². The van der Waals surface area contributed by atoms with Gasteiger partial charge < -0.3 is 24.6 Å². The van der Waals surface area contributed by atoms with Gasteiger partial charge in [-0.15, -0.1) is 0 Å². The van der Waals surface area contributed by atoms with Gasteiger partial charge in [-0.05, 0) is 19.4 Å². The van der Waals surface area contributed by atoms with E-state index in [1.165, 1.54) is 13.3 Å². The monoisotopic (exact) mass is 386 g/mol. The molecule has 9 heteroatoms. The van der Waals surface area contributed by atoms with Crippen molar-refractivity contribution in [1.82, 2.24) is 14.5 Å². The lowest BCUT2D eigenvalue weighted by Gasteiger charge is -2.27. The summed E-state index contributed by atoms with van der Waals surface area (Å²) < 4.78 is 7.33. The molecule has 2 aromatic heterocycles. The van der Waals surface area contributed by atoms with Gasteiger partial charge in [-0.25, -0.2) is 9.97 Å². The largest absolute Gasteiger partial charge is 0.394 e. The first-order chi connectivity index (χ1) is 13.4. The Hall–Kier alpha value is -2.56. The molecule has 148 valence electrons. The number of aryl methyl sites for hydroxylation is 1. The first-order valence-electron chi connectivity index (χ1n) is 8.88. The minimum absolute atomic E-state index is 0.205. The van der Waals surface area contributed by atoms with Gasteiger partial charge in [-0.1, -0.05) is 29.8 Å². The maximum absolute atomic E-state index is 10.9. The fourth-order valence-corrected chi connectivity index (χ4v) is 3.69. The molecule has 1 aliphatic heterocycles. The Morgan fingerprint density at radius 2 is 1.96 bits per heavy atom. The summed E-state index contributed by atoms with van der Waals surface area (Å²) in [6.45, 7) is 2.99. The zero-order chi connectivity index (χ0) is 20.1. The van der Waals surface area contributed by atoms with E-state index in [-0.39, 0.29) is 5.82 Å². The Balaban J connectivity index is 1.95. The minimum Gasteiger partial charge on any atom is -0.394 e. The van der Waals surface area contributed by atoms with Crippen molar-refractivity contribution >= 4 is 16.9 Å². The second-order valence-corrected chi connectivity index (χ2v) is 7.23. The normalized spacial score (nSPS) is 27.4. The molecule has 0 saturated carbocycles. The van der Waals surface area contributed by atoms with Crippen LogP contribution < -0.4 is 5.48 Å². The summed E-state index contributed by atoms with van der Waals surface area (Å²) in [5.74, 6) is 0.205. The molecule has 3 heterocycles. The third kappa shape index (κ3) is 2.76. The Morgan fingerprint density at radius 1 is 1.25 bits per heavy atom. The zero-order valence-electron chi connectivity index (χ0n) is 15.4. The molecule has 4 atom stereocenters. The number of aromatic nitrogens is 3. The number of nitrogens with one attached hydrogen (secondary N) is 1. The summed E-state index contributed by atoms with van der Waals surface area (Å²) in [6.07, 6.45) is -0.198. The van der Waals surface area contributed by atoms with Crippen LogP contribution in [-0.4, -0.2) is 59.5 Å². The van der Waals surface area contributed by atoms with Gasteiger partial charge in [0.05, 0.1) is 12.0 Å². The predicted molar refractivity (Wildman–Crippen MR) is 101 cm³/mol. The highest BCUT2D eigenvalue weighted by Gasteiger charge is 2.53. The van der Waals surface area contributed by atoms with Crippen LogP contribution in [0, 0.1) is 6.92 Å². The van der Waals surface area contributed by atoms with E-state index in [9.17, 15) is 20.5 Å². The molecule has 0 bridgehead atoms. The van der Waals surface area contributed by atoms with Crippen molar-refractivity contribution in [2.75, 3.05) is 12.1 Å². The molecule has 0 spiro atoms. The van der Waals surface area contributed by atoms with E-state index < -0.39 is 30.6 Å². The van der Waals surface area contributed by atoms with Crippen LogP contribution in [0.3, 0.4) is 0 Å². The van der Waals surface area contributed by atoms with Crippen molar-refractivity contribution < 1.29 is 25.3 Å². The Bertz CT molecular complexity index is 1000. The molecule has 5 N–H and O–H groups in total. The number of rotatable bonds is 4. The molecule has 0 aliphatic carbocycles. The SMILES string of the molecule is Cc1ccc(-c2cn(C3OC(CO)C(O)[C@@]3(C)O)c3ncnc(NO)c23)cc1. The molecular formula is C19H22N4O5. The quantitative estimate of drug-likeness (QED) is 0.423. The van der Waals surface area contributed by atoms with E-state index in [1.54, 1.807) is 10.8 Å². The highest BCUT2D eigenvalue weighted by Crippen LogP contribution is 2.43. The highest BCUT2D eigenvalue weighted by molar-refractivity contribution is 6.01. The van der Waals surface area contributed by atoms with E-state index in [0.29, 0.717) is 16.6 Å². The molecule has 1 saturated heterocycles. The number of fused-ring (bicyclic) bond motifs is 1. The van der Waals surface area contributed by atoms with Crippen LogP contribution in [0.15, 0.2) is 36.8 Å². The number of aliphatic hydroxyl groups excluding tert-OH is 2. The zero-order valence-corrected chi connectivity index (χ0v) is 15.4. The van der Waals surface area contributed by atoms with Gasteiger partial charge >= 0.3 is 0 Å². The molecule has 0 amide bonds. The number of aliphatic hydroxyl groups is 3. The topological polar surface area (TPSA) is 133 Å². The van der Waals surface area contributed by atoms with Crippen LogP contribution >= 0.6 is 0 Å². The van der Waals surface area contributed by atoms with Crippen LogP contribution in [0.2, 0.25) is 0 Å². The molecule has 9 nitrogen and oxygen atoms in total. The average Bonchev–Trinajstić information content (AvgIpc) is 3.18. The molecule has 1 aliphatic rings. The molecule has 3 unspecified atom stereocenters. The maximum atomic E-state index is 10.9. The molecule has 1 fully saturated rings. The number of hydrogen-bond donors (Lipinski definition) is 5. The lowest BCUT2D eigenvalue weighted by molar-refractivity contribution is -0.0948. The van der Waals surface area contributed by atoms with E-state index in [4.69, 9.17) is 4.74 Å². The predicted octanol–water partition coefficient (Wildman–Crippen LogP) is 1.21. The van der Waals surface area contributed by atoms with Crippen molar-refractivity contribution in [2.45, 2.75) is 37.9 Å². The summed E-state index contributed by atoms with van der Waals surface area (Å²) in [6, 6.07) is 7.79. The summed E-state index contributed by atoms with van der Waals surface area (Å²) in [5, 5.41) is 40.8. The van der Waals surface area contributed by atoms with Crippen LogP contribution in [0.1, 0.15) is 18.7 Å². The molecule has 28 heavy (non-hydrogen) atoms. The first-order valence-corrected chi connectivity index (χ1v) is 8.88. The Morgan fingerprint density at radius 3 is 2.57 bits per heavy atom. The minimum atomic E-state index is -1.67.